The van der Waals surface area contributed by atoms with Crippen LogP contribution in [0.5, 0.6) is 5.75 Å². The largest absolute Gasteiger partial charge is 0.494 e. The van der Waals surface area contributed by atoms with E-state index in [0.717, 1.165) is 29.8 Å². The van der Waals surface area contributed by atoms with Crippen LogP contribution in [-0.4, -0.2) is 43.2 Å². The van der Waals surface area contributed by atoms with Gasteiger partial charge in [-0.25, -0.2) is 4.98 Å². The lowest BCUT2D eigenvalue weighted by Crippen LogP contribution is -2.34. The van der Waals surface area contributed by atoms with Gasteiger partial charge >= 0.3 is 0 Å². The number of nitrogens with zero attached hydrogens (tertiary/aromatic N) is 2. The quantitative estimate of drug-likeness (QED) is 0.772. The minimum atomic E-state index is 0.701. The molecule has 0 spiro atoms. The van der Waals surface area contributed by atoms with Gasteiger partial charge < -0.3 is 10.1 Å². The van der Waals surface area contributed by atoms with E-state index in [2.05, 4.69) is 27.7 Å². The van der Waals surface area contributed by atoms with Gasteiger partial charge in [0.15, 0.2) is 0 Å². The molecule has 1 aliphatic heterocycles. The summed E-state index contributed by atoms with van der Waals surface area (Å²) >= 11 is 1.74. The molecule has 0 atom stereocenters. The maximum Gasteiger partial charge on any atom is 0.123 e. The van der Waals surface area contributed by atoms with Gasteiger partial charge in [-0.05, 0) is 83.1 Å². The Labute approximate surface area is 155 Å². The van der Waals surface area contributed by atoms with Crippen molar-refractivity contribution >= 4 is 11.3 Å². The predicted molar refractivity (Wildman–Crippen MR) is 105 cm³/mol. The maximum atomic E-state index is 5.51. The molecular formula is C20H29N3OS. The van der Waals surface area contributed by atoms with Crippen LogP contribution < -0.4 is 10.1 Å². The standard InChI is InChI=1S/C20H29N3OS/c1-3-24-19-6-4-17(5-7-19)20-22-18(15-25-20)14-23-12-9-16(10-13-23)8-11-21-2/h4-7,15-16,21H,3,8-14H2,1-2H3. The van der Waals surface area contributed by atoms with Crippen LogP contribution in [0.15, 0.2) is 29.6 Å². The minimum absolute atomic E-state index is 0.701. The van der Waals surface area contributed by atoms with Gasteiger partial charge in [-0.2, -0.15) is 0 Å². The van der Waals surface area contributed by atoms with Crippen LogP contribution in [-0.2, 0) is 6.54 Å². The highest BCUT2D eigenvalue weighted by Crippen LogP contribution is 2.27. The number of likely N-dealkylation sites (tertiary alicyclic amines) is 1. The van der Waals surface area contributed by atoms with Crippen molar-refractivity contribution in [2.45, 2.75) is 32.7 Å². The fourth-order valence-corrected chi connectivity index (χ4v) is 4.20. The van der Waals surface area contributed by atoms with Gasteiger partial charge in [-0.3, -0.25) is 4.90 Å². The lowest BCUT2D eigenvalue weighted by Gasteiger charge is -2.31. The topological polar surface area (TPSA) is 37.4 Å². The third-order valence-corrected chi connectivity index (χ3v) is 5.80. The van der Waals surface area contributed by atoms with Crippen molar-refractivity contribution in [2.24, 2.45) is 5.92 Å². The van der Waals surface area contributed by atoms with E-state index in [9.17, 15) is 0 Å². The Morgan fingerprint density at radius 3 is 2.68 bits per heavy atom. The molecule has 0 amide bonds. The van der Waals surface area contributed by atoms with Gasteiger partial charge in [-0.1, -0.05) is 0 Å². The normalized spacial score (nSPS) is 16.2. The molecular weight excluding hydrogens is 330 g/mol. The zero-order valence-electron chi connectivity index (χ0n) is 15.3. The summed E-state index contributed by atoms with van der Waals surface area (Å²) in [6, 6.07) is 8.24. The van der Waals surface area contributed by atoms with Crippen molar-refractivity contribution < 1.29 is 4.74 Å². The average Bonchev–Trinajstić information content (AvgIpc) is 3.10. The third-order valence-electron chi connectivity index (χ3n) is 4.86. The van der Waals surface area contributed by atoms with Crippen molar-refractivity contribution in [1.29, 1.82) is 0 Å². The molecule has 0 saturated carbocycles. The SMILES string of the molecule is CCOc1ccc(-c2nc(CN3CCC(CCNC)CC3)cs2)cc1. The summed E-state index contributed by atoms with van der Waals surface area (Å²) in [6.07, 6.45) is 3.94. The van der Waals surface area contributed by atoms with Gasteiger partial charge in [0.05, 0.1) is 12.3 Å². The second-order valence-corrected chi connectivity index (χ2v) is 7.57. The van der Waals surface area contributed by atoms with E-state index in [0.29, 0.717) is 6.61 Å². The Balaban J connectivity index is 1.52. The number of hydrogen-bond acceptors (Lipinski definition) is 5. The third kappa shape index (κ3) is 5.27. The van der Waals surface area contributed by atoms with Crippen LogP contribution in [0.2, 0.25) is 0 Å². The Kier molecular flexibility index (Phi) is 6.84. The maximum absolute atomic E-state index is 5.51. The second kappa shape index (κ2) is 9.32. The van der Waals surface area contributed by atoms with E-state index in [1.54, 1.807) is 11.3 Å². The van der Waals surface area contributed by atoms with Crippen LogP contribution in [0, 0.1) is 5.92 Å². The average molecular weight is 360 g/mol. The molecule has 2 aromatic rings. The molecule has 1 fully saturated rings. The molecule has 1 aliphatic rings. The van der Waals surface area contributed by atoms with Crippen molar-refractivity contribution in [3.05, 3.63) is 35.3 Å². The molecule has 0 bridgehead atoms. The molecule has 5 heteroatoms. The van der Waals surface area contributed by atoms with E-state index in [1.165, 1.54) is 43.6 Å². The van der Waals surface area contributed by atoms with Crippen LogP contribution in [0.1, 0.15) is 31.9 Å². The number of aromatic nitrogens is 1. The number of hydrogen-bond donors (Lipinski definition) is 1. The van der Waals surface area contributed by atoms with Gasteiger partial charge in [-0.15, -0.1) is 11.3 Å². The lowest BCUT2D eigenvalue weighted by molar-refractivity contribution is 0.171. The summed E-state index contributed by atoms with van der Waals surface area (Å²) in [4.78, 5) is 7.39. The molecule has 1 N–H and O–H groups in total. The number of nitrogens with one attached hydrogen (secondary N) is 1. The Bertz CT molecular complexity index is 633. The molecule has 0 unspecified atom stereocenters. The van der Waals surface area contributed by atoms with Crippen molar-refractivity contribution in [3.63, 3.8) is 0 Å². The Hall–Kier alpha value is -1.43. The van der Waals surface area contributed by atoms with Gasteiger partial charge in [0.1, 0.15) is 10.8 Å². The first-order chi connectivity index (χ1) is 12.3. The number of piperidine rings is 1. The van der Waals surface area contributed by atoms with Crippen LogP contribution in [0.4, 0.5) is 0 Å². The van der Waals surface area contributed by atoms with Crippen molar-refractivity contribution in [1.82, 2.24) is 15.2 Å². The molecule has 1 saturated heterocycles. The van der Waals surface area contributed by atoms with E-state index in [4.69, 9.17) is 9.72 Å². The summed E-state index contributed by atoms with van der Waals surface area (Å²) in [5, 5.41) is 6.57. The summed E-state index contributed by atoms with van der Waals surface area (Å²) in [7, 11) is 2.04. The van der Waals surface area contributed by atoms with E-state index in [1.807, 2.05) is 26.1 Å². The number of ether oxygens (including phenoxy) is 1. The number of rotatable bonds is 8. The first kappa shape index (κ1) is 18.4. The first-order valence-corrected chi connectivity index (χ1v) is 10.2. The Morgan fingerprint density at radius 2 is 2.00 bits per heavy atom. The highest BCUT2D eigenvalue weighted by molar-refractivity contribution is 7.13. The minimum Gasteiger partial charge on any atom is -0.494 e. The molecule has 2 heterocycles. The van der Waals surface area contributed by atoms with Crippen LogP contribution in [0.25, 0.3) is 10.6 Å². The molecule has 1 aromatic heterocycles. The number of benzene rings is 1. The Morgan fingerprint density at radius 1 is 1.24 bits per heavy atom. The first-order valence-electron chi connectivity index (χ1n) is 9.33. The molecule has 3 rings (SSSR count). The number of thiazole rings is 1. The van der Waals surface area contributed by atoms with E-state index >= 15 is 0 Å². The van der Waals surface area contributed by atoms with Gasteiger partial charge in [0.25, 0.3) is 0 Å². The fourth-order valence-electron chi connectivity index (χ4n) is 3.38. The molecule has 1 aromatic carbocycles. The molecule has 25 heavy (non-hydrogen) atoms. The van der Waals surface area contributed by atoms with Crippen LogP contribution >= 0.6 is 11.3 Å². The molecule has 136 valence electrons. The zero-order chi connectivity index (χ0) is 17.5. The van der Waals surface area contributed by atoms with E-state index < -0.39 is 0 Å². The van der Waals surface area contributed by atoms with Gasteiger partial charge in [0, 0.05) is 17.5 Å². The molecule has 0 aliphatic carbocycles. The summed E-state index contributed by atoms with van der Waals surface area (Å²) < 4.78 is 5.51. The molecule has 4 nitrogen and oxygen atoms in total. The van der Waals surface area contributed by atoms with Crippen molar-refractivity contribution in [3.8, 4) is 16.3 Å². The smallest absolute Gasteiger partial charge is 0.123 e. The van der Waals surface area contributed by atoms with E-state index in [-0.39, 0.29) is 0 Å². The second-order valence-electron chi connectivity index (χ2n) is 6.71. The summed E-state index contributed by atoms with van der Waals surface area (Å²) in [6.45, 7) is 7.22. The predicted octanol–water partition coefficient (Wildman–Crippen LogP) is 4.03. The fraction of sp³-hybridized carbons (Fsp3) is 0.550. The lowest BCUT2D eigenvalue weighted by atomic mass is 9.93. The molecule has 0 radical (unpaired) electrons. The monoisotopic (exact) mass is 359 g/mol. The highest BCUT2D eigenvalue weighted by atomic mass is 32.1. The van der Waals surface area contributed by atoms with Crippen LogP contribution in [0.3, 0.4) is 0 Å². The summed E-state index contributed by atoms with van der Waals surface area (Å²) in [5.41, 5.74) is 2.37. The van der Waals surface area contributed by atoms with Crippen molar-refractivity contribution in [2.75, 3.05) is 33.3 Å². The zero-order valence-corrected chi connectivity index (χ0v) is 16.1. The summed E-state index contributed by atoms with van der Waals surface area (Å²) in [5.74, 6) is 1.81. The van der Waals surface area contributed by atoms with Gasteiger partial charge in [0.2, 0.25) is 0 Å². The highest BCUT2D eigenvalue weighted by Gasteiger charge is 2.19.